The van der Waals surface area contributed by atoms with Crippen LogP contribution in [0.4, 0.5) is 4.79 Å². The van der Waals surface area contributed by atoms with Gasteiger partial charge < -0.3 is 10.6 Å². The lowest BCUT2D eigenvalue weighted by Gasteiger charge is -2.30. The molecule has 4 amide bonds. The monoisotopic (exact) mass is 421 g/mol. The number of benzene rings is 1. The highest BCUT2D eigenvalue weighted by Gasteiger charge is 2.49. The number of carbonyl (C=O) groups is 3. The first-order valence-corrected chi connectivity index (χ1v) is 9.80. The van der Waals surface area contributed by atoms with E-state index in [9.17, 15) is 14.4 Å². The first-order valence-electron chi connectivity index (χ1n) is 9.01. The summed E-state index contributed by atoms with van der Waals surface area (Å²) in [5, 5.41) is 5.72. The summed E-state index contributed by atoms with van der Waals surface area (Å²) in [6.45, 7) is 3.54. The highest BCUT2D eigenvalue weighted by molar-refractivity contribution is 9.10. The predicted molar refractivity (Wildman–Crippen MR) is 101 cm³/mol. The maximum Gasteiger partial charge on any atom is 0.325 e. The van der Waals surface area contributed by atoms with Crippen molar-refractivity contribution in [2.24, 2.45) is 5.92 Å². The van der Waals surface area contributed by atoms with Crippen molar-refractivity contribution in [3.05, 3.63) is 34.3 Å². The fraction of sp³-hybridized carbons (Fsp3) is 0.526. The van der Waals surface area contributed by atoms with Gasteiger partial charge in [-0.05, 0) is 43.4 Å². The molecule has 26 heavy (non-hydrogen) atoms. The van der Waals surface area contributed by atoms with Gasteiger partial charge in [0.15, 0.2) is 0 Å². The molecule has 1 aliphatic carbocycles. The van der Waals surface area contributed by atoms with Gasteiger partial charge in [0.2, 0.25) is 5.91 Å². The summed E-state index contributed by atoms with van der Waals surface area (Å²) in [6, 6.07) is 6.83. The minimum atomic E-state index is -1.17. The third-order valence-electron chi connectivity index (χ3n) is 5.44. The molecule has 7 heteroatoms. The van der Waals surface area contributed by atoms with E-state index in [1.54, 1.807) is 19.1 Å². The Morgan fingerprint density at radius 2 is 2.08 bits per heavy atom. The molecule has 1 aromatic rings. The number of urea groups is 1. The number of hydrogen-bond donors (Lipinski definition) is 2. The Balaban J connectivity index is 1.70. The number of nitrogens with one attached hydrogen (secondary N) is 2. The van der Waals surface area contributed by atoms with Crippen LogP contribution in [0.3, 0.4) is 0 Å². The number of amides is 4. The molecule has 1 saturated heterocycles. The van der Waals surface area contributed by atoms with E-state index in [2.05, 4.69) is 33.5 Å². The molecule has 3 rings (SSSR count). The molecule has 1 saturated carbocycles. The van der Waals surface area contributed by atoms with Gasteiger partial charge in [0.05, 0.1) is 0 Å². The zero-order valence-electron chi connectivity index (χ0n) is 15.0. The van der Waals surface area contributed by atoms with Gasteiger partial charge in [-0.25, -0.2) is 4.79 Å². The Morgan fingerprint density at radius 1 is 1.35 bits per heavy atom. The van der Waals surface area contributed by atoms with E-state index >= 15 is 0 Å². The van der Waals surface area contributed by atoms with Crippen molar-refractivity contribution in [1.29, 1.82) is 0 Å². The van der Waals surface area contributed by atoms with Crippen molar-refractivity contribution in [3.63, 3.8) is 0 Å². The van der Waals surface area contributed by atoms with Gasteiger partial charge in [-0.3, -0.25) is 14.5 Å². The third-order valence-corrected chi connectivity index (χ3v) is 5.93. The Morgan fingerprint density at radius 3 is 2.77 bits per heavy atom. The molecule has 2 fully saturated rings. The Bertz CT molecular complexity index is 738. The summed E-state index contributed by atoms with van der Waals surface area (Å²) < 4.78 is 0.820. The molecular formula is C19H24BrN3O3. The second-order valence-corrected chi connectivity index (χ2v) is 8.31. The van der Waals surface area contributed by atoms with Crippen LogP contribution in [0.2, 0.25) is 0 Å². The van der Waals surface area contributed by atoms with Crippen LogP contribution in [0.25, 0.3) is 0 Å². The Labute approximate surface area is 161 Å². The highest BCUT2D eigenvalue weighted by atomic mass is 79.9. The minimum Gasteiger partial charge on any atom is -0.352 e. The average molecular weight is 422 g/mol. The van der Waals surface area contributed by atoms with Crippen LogP contribution in [0, 0.1) is 5.92 Å². The van der Waals surface area contributed by atoms with E-state index in [1.165, 1.54) is 6.42 Å². The van der Waals surface area contributed by atoms with E-state index in [0.29, 0.717) is 11.5 Å². The molecular weight excluding hydrogens is 398 g/mol. The molecule has 140 valence electrons. The van der Waals surface area contributed by atoms with E-state index in [0.717, 1.165) is 28.6 Å². The second-order valence-electron chi connectivity index (χ2n) is 7.39. The van der Waals surface area contributed by atoms with Crippen LogP contribution in [0.1, 0.15) is 45.1 Å². The minimum absolute atomic E-state index is 0.119. The van der Waals surface area contributed by atoms with Gasteiger partial charge in [-0.15, -0.1) is 0 Å². The quantitative estimate of drug-likeness (QED) is 0.733. The van der Waals surface area contributed by atoms with E-state index < -0.39 is 17.5 Å². The van der Waals surface area contributed by atoms with Gasteiger partial charge >= 0.3 is 6.03 Å². The van der Waals surface area contributed by atoms with E-state index in [4.69, 9.17) is 0 Å². The normalized spacial score (nSPS) is 28.8. The summed E-state index contributed by atoms with van der Waals surface area (Å²) in [6.07, 6.45) is 4.32. The van der Waals surface area contributed by atoms with Crippen molar-refractivity contribution in [3.8, 4) is 0 Å². The van der Waals surface area contributed by atoms with Crippen LogP contribution >= 0.6 is 15.9 Å². The van der Waals surface area contributed by atoms with Gasteiger partial charge in [0.1, 0.15) is 12.1 Å². The summed E-state index contributed by atoms with van der Waals surface area (Å²) in [7, 11) is 0. The SMILES string of the molecule is C[C@@H]1CCCC[C@H]1NC(=O)CN1C(=O)N[C@@](C)(c2cccc(Br)c2)C1=O. The molecule has 0 aromatic heterocycles. The largest absolute Gasteiger partial charge is 0.352 e. The molecule has 0 spiro atoms. The number of halogens is 1. The van der Waals surface area contributed by atoms with Crippen LogP contribution in [0.15, 0.2) is 28.7 Å². The van der Waals surface area contributed by atoms with E-state index in [-0.39, 0.29) is 18.5 Å². The summed E-state index contributed by atoms with van der Waals surface area (Å²) in [5.74, 6) is -0.277. The molecule has 0 bridgehead atoms. The highest BCUT2D eigenvalue weighted by Crippen LogP contribution is 2.30. The predicted octanol–water partition coefficient (Wildman–Crippen LogP) is 2.91. The van der Waals surface area contributed by atoms with Crippen LogP contribution < -0.4 is 10.6 Å². The lowest BCUT2D eigenvalue weighted by Crippen LogP contribution is -2.47. The molecule has 0 unspecified atom stereocenters. The molecule has 3 atom stereocenters. The van der Waals surface area contributed by atoms with Crippen molar-refractivity contribution in [2.45, 2.75) is 51.1 Å². The first kappa shape index (κ1) is 18.9. The lowest BCUT2D eigenvalue weighted by atomic mass is 9.86. The fourth-order valence-electron chi connectivity index (χ4n) is 3.76. The molecule has 1 aromatic carbocycles. The van der Waals surface area contributed by atoms with Gasteiger partial charge in [-0.2, -0.15) is 0 Å². The maximum atomic E-state index is 12.9. The fourth-order valence-corrected chi connectivity index (χ4v) is 4.16. The zero-order chi connectivity index (χ0) is 18.9. The molecule has 0 radical (unpaired) electrons. The van der Waals surface area contributed by atoms with Crippen LogP contribution in [0.5, 0.6) is 0 Å². The first-order chi connectivity index (χ1) is 12.3. The summed E-state index contributed by atoms with van der Waals surface area (Å²) in [5.41, 5.74) is -0.492. The number of hydrogen-bond acceptors (Lipinski definition) is 3. The molecule has 2 N–H and O–H groups in total. The van der Waals surface area contributed by atoms with Gasteiger partial charge in [-0.1, -0.05) is 47.8 Å². The van der Waals surface area contributed by atoms with Crippen molar-refractivity contribution >= 4 is 33.8 Å². The Kier molecular flexibility index (Phi) is 5.37. The molecule has 1 heterocycles. The second kappa shape index (κ2) is 7.39. The molecule has 1 aliphatic heterocycles. The van der Waals surface area contributed by atoms with E-state index in [1.807, 2.05) is 12.1 Å². The van der Waals surface area contributed by atoms with Crippen LogP contribution in [-0.2, 0) is 15.1 Å². The lowest BCUT2D eigenvalue weighted by molar-refractivity contribution is -0.135. The standard InChI is InChI=1S/C19H24BrN3O3/c1-12-6-3-4-9-15(12)21-16(24)11-23-17(25)19(2,22-18(23)26)13-7-5-8-14(20)10-13/h5,7-8,10,12,15H,3-4,6,9,11H2,1-2H3,(H,21,24)(H,22,26)/t12-,15-,19+/m1/s1. The van der Waals surface area contributed by atoms with Gasteiger partial charge in [0, 0.05) is 10.5 Å². The Hall–Kier alpha value is -1.89. The third kappa shape index (κ3) is 3.63. The summed E-state index contributed by atoms with van der Waals surface area (Å²) in [4.78, 5) is 38.7. The van der Waals surface area contributed by atoms with Gasteiger partial charge in [0.25, 0.3) is 5.91 Å². The molecule has 2 aliphatic rings. The van der Waals surface area contributed by atoms with Crippen LogP contribution in [-0.4, -0.2) is 35.3 Å². The van der Waals surface area contributed by atoms with Crippen molar-refractivity contribution in [2.75, 3.05) is 6.54 Å². The topological polar surface area (TPSA) is 78.5 Å². The number of nitrogens with zero attached hydrogens (tertiary/aromatic N) is 1. The number of carbonyl (C=O) groups excluding carboxylic acids is 3. The maximum absolute atomic E-state index is 12.9. The average Bonchev–Trinajstić information content (AvgIpc) is 2.81. The van der Waals surface area contributed by atoms with Crippen molar-refractivity contribution in [1.82, 2.24) is 15.5 Å². The summed E-state index contributed by atoms with van der Waals surface area (Å²) >= 11 is 3.38. The zero-order valence-corrected chi connectivity index (χ0v) is 16.6. The van der Waals surface area contributed by atoms with Crippen molar-refractivity contribution < 1.29 is 14.4 Å². The smallest absolute Gasteiger partial charge is 0.325 e. The molecule has 6 nitrogen and oxygen atoms in total. The number of rotatable bonds is 4. The number of imide groups is 1.